The first-order valence-corrected chi connectivity index (χ1v) is 18.0. The number of piperazine rings is 1. The highest BCUT2D eigenvalue weighted by Gasteiger charge is 2.29. The van der Waals surface area contributed by atoms with Crippen molar-refractivity contribution in [1.82, 2.24) is 19.8 Å². The maximum Gasteiger partial charge on any atom is 0.410 e. The Morgan fingerprint density at radius 3 is 2.23 bits per heavy atom. The molecule has 0 aliphatic carbocycles. The number of nitrogens with zero attached hydrogens (tertiary/aromatic N) is 7. The van der Waals surface area contributed by atoms with E-state index in [1.807, 2.05) is 36.6 Å². The summed E-state index contributed by atoms with van der Waals surface area (Å²) in [6.07, 6.45) is 5.49. The first-order chi connectivity index (χ1) is 23.4. The zero-order valence-corrected chi connectivity index (χ0v) is 29.5. The SMILES string of the molecule is CC#N.CN1CCCC1.CSc1nc2c(c(N3CCN(C(=O)OCc4ccccc4)CC3)n1)CCN(c1cccc3cccc(C)c13)C2. The average molecular weight is 666 g/mol. The van der Waals surface area contributed by atoms with Gasteiger partial charge in [0.15, 0.2) is 5.16 Å². The van der Waals surface area contributed by atoms with Crippen LogP contribution in [0, 0.1) is 18.3 Å². The molecule has 0 atom stereocenters. The fraction of sp³-hybridized carbons (Fsp3) is 0.421. The van der Waals surface area contributed by atoms with E-state index < -0.39 is 0 Å². The lowest BCUT2D eigenvalue weighted by Crippen LogP contribution is -2.49. The summed E-state index contributed by atoms with van der Waals surface area (Å²) >= 11 is 1.58. The largest absolute Gasteiger partial charge is 0.445 e. The number of carbonyl (C=O) groups excluding carboxylic acids is 1. The number of carbonyl (C=O) groups is 1. The van der Waals surface area contributed by atoms with E-state index in [2.05, 4.69) is 65.1 Å². The summed E-state index contributed by atoms with van der Waals surface area (Å²) in [6, 6.07) is 24.6. The Balaban J connectivity index is 0.000000440. The Labute approximate surface area is 289 Å². The number of amides is 1. The minimum atomic E-state index is -0.256. The summed E-state index contributed by atoms with van der Waals surface area (Å²) in [7, 11) is 2.17. The molecule has 0 N–H and O–H groups in total. The molecular weight excluding hydrogens is 619 g/mol. The van der Waals surface area contributed by atoms with Crippen molar-refractivity contribution in [2.24, 2.45) is 0 Å². The molecule has 3 aliphatic rings. The van der Waals surface area contributed by atoms with Crippen LogP contribution >= 0.6 is 11.8 Å². The second-order valence-corrected chi connectivity index (χ2v) is 13.1. The minimum Gasteiger partial charge on any atom is -0.445 e. The number of aromatic nitrogens is 2. The van der Waals surface area contributed by atoms with Gasteiger partial charge in [-0.25, -0.2) is 14.8 Å². The third-order valence-corrected chi connectivity index (χ3v) is 9.56. The Kier molecular flexibility index (Phi) is 12.5. The van der Waals surface area contributed by atoms with E-state index in [9.17, 15) is 4.79 Å². The van der Waals surface area contributed by atoms with Gasteiger partial charge in [0.05, 0.1) is 18.3 Å². The van der Waals surface area contributed by atoms with Crippen molar-refractivity contribution in [1.29, 1.82) is 5.26 Å². The second kappa shape index (κ2) is 17.2. The predicted molar refractivity (Wildman–Crippen MR) is 196 cm³/mol. The van der Waals surface area contributed by atoms with Gasteiger partial charge in [-0.05, 0) is 75.2 Å². The van der Waals surface area contributed by atoms with Crippen molar-refractivity contribution in [2.45, 2.75) is 51.4 Å². The van der Waals surface area contributed by atoms with Gasteiger partial charge in [-0.2, -0.15) is 5.26 Å². The number of benzene rings is 3. The lowest BCUT2D eigenvalue weighted by atomic mass is 9.99. The van der Waals surface area contributed by atoms with Gasteiger partial charge < -0.3 is 24.3 Å². The zero-order chi connectivity index (χ0) is 33.9. The van der Waals surface area contributed by atoms with E-state index in [1.165, 1.54) is 60.4 Å². The fourth-order valence-electron chi connectivity index (χ4n) is 6.50. The number of ether oxygens (including phenoxy) is 1. The molecule has 1 amide bonds. The molecule has 2 saturated heterocycles. The molecule has 7 rings (SSSR count). The number of aryl methyl sites for hydroxylation is 1. The summed E-state index contributed by atoms with van der Waals surface area (Å²) in [5, 5.41) is 10.7. The summed E-state index contributed by atoms with van der Waals surface area (Å²) < 4.78 is 5.56. The van der Waals surface area contributed by atoms with E-state index >= 15 is 0 Å². The van der Waals surface area contributed by atoms with Crippen molar-refractivity contribution in [3.8, 4) is 6.07 Å². The molecule has 3 aromatic carbocycles. The number of thioether (sulfide) groups is 1. The molecule has 4 aromatic rings. The minimum absolute atomic E-state index is 0.256. The summed E-state index contributed by atoms with van der Waals surface area (Å²) in [4.78, 5) is 31.5. The molecule has 0 spiro atoms. The van der Waals surface area contributed by atoms with E-state index in [1.54, 1.807) is 22.7 Å². The first kappa shape index (κ1) is 35.0. The first-order valence-electron chi connectivity index (χ1n) is 16.8. The van der Waals surface area contributed by atoms with Gasteiger partial charge in [-0.3, -0.25) is 0 Å². The van der Waals surface area contributed by atoms with Crippen LogP contribution in [0.5, 0.6) is 0 Å². The maximum absolute atomic E-state index is 12.7. The fourth-order valence-corrected chi connectivity index (χ4v) is 6.88. The predicted octanol–water partition coefficient (Wildman–Crippen LogP) is 6.92. The van der Waals surface area contributed by atoms with Gasteiger partial charge in [-0.1, -0.05) is 72.4 Å². The molecule has 0 bridgehead atoms. The van der Waals surface area contributed by atoms with Crippen molar-refractivity contribution < 1.29 is 9.53 Å². The van der Waals surface area contributed by atoms with E-state index in [4.69, 9.17) is 20.0 Å². The number of nitriles is 1. The average Bonchev–Trinajstić information content (AvgIpc) is 3.61. The van der Waals surface area contributed by atoms with Crippen LogP contribution in [0.2, 0.25) is 0 Å². The van der Waals surface area contributed by atoms with Gasteiger partial charge in [0, 0.05) is 56.3 Å². The number of anilines is 2. The Morgan fingerprint density at radius 1 is 0.896 bits per heavy atom. The van der Waals surface area contributed by atoms with E-state index in [0.29, 0.717) is 19.7 Å². The lowest BCUT2D eigenvalue weighted by Gasteiger charge is -2.38. The molecule has 2 fully saturated rings. The third-order valence-electron chi connectivity index (χ3n) is 9.01. The van der Waals surface area contributed by atoms with Crippen LogP contribution in [0.15, 0.2) is 71.9 Å². The standard InChI is InChI=1S/C31H33N5O2S.C5H11N.C2H3N/c1-22-8-6-11-24-12-7-13-27(28(22)24)36-15-14-25-26(20-36)32-30(39-2)33-29(25)34-16-18-35(19-17-34)31(37)38-21-23-9-4-3-5-10-23;1-6-4-2-3-5-6;1-2-3/h3-13H,14-21H2,1-2H3;2-5H2,1H3;1H3. The van der Waals surface area contributed by atoms with E-state index in [0.717, 1.165) is 54.8 Å². The van der Waals surface area contributed by atoms with Crippen LogP contribution in [0.25, 0.3) is 10.8 Å². The summed E-state index contributed by atoms with van der Waals surface area (Å²) in [5.74, 6) is 1.02. The Morgan fingerprint density at radius 2 is 1.58 bits per heavy atom. The number of likely N-dealkylation sites (tertiary alicyclic amines) is 1. The molecule has 3 aliphatic heterocycles. The molecule has 48 heavy (non-hydrogen) atoms. The summed E-state index contributed by atoms with van der Waals surface area (Å²) in [5.41, 5.74) is 5.90. The Bertz CT molecular complexity index is 1690. The van der Waals surface area contributed by atoms with Gasteiger partial charge in [-0.15, -0.1) is 0 Å². The van der Waals surface area contributed by atoms with Crippen molar-refractivity contribution >= 4 is 40.1 Å². The highest BCUT2D eigenvalue weighted by molar-refractivity contribution is 7.98. The Hall–Kier alpha value is -4.33. The molecule has 0 saturated carbocycles. The molecule has 252 valence electrons. The summed E-state index contributed by atoms with van der Waals surface area (Å²) in [6.45, 7) is 10.9. The van der Waals surface area contributed by atoms with Crippen LogP contribution in [0.3, 0.4) is 0 Å². The number of rotatable bonds is 5. The monoisotopic (exact) mass is 665 g/mol. The number of hydrogen-bond acceptors (Lipinski definition) is 9. The smallest absolute Gasteiger partial charge is 0.410 e. The van der Waals surface area contributed by atoms with Gasteiger partial charge in [0.25, 0.3) is 0 Å². The van der Waals surface area contributed by atoms with Gasteiger partial charge >= 0.3 is 6.09 Å². The molecule has 10 heteroatoms. The highest BCUT2D eigenvalue weighted by atomic mass is 32.2. The van der Waals surface area contributed by atoms with Crippen LogP contribution in [-0.2, 0) is 24.3 Å². The quantitative estimate of drug-likeness (QED) is 0.166. The maximum atomic E-state index is 12.7. The van der Waals surface area contributed by atoms with Crippen LogP contribution in [-0.4, -0.2) is 85.0 Å². The third kappa shape index (κ3) is 8.77. The van der Waals surface area contributed by atoms with Crippen LogP contribution < -0.4 is 9.80 Å². The van der Waals surface area contributed by atoms with E-state index in [-0.39, 0.29) is 6.09 Å². The molecule has 0 unspecified atom stereocenters. The zero-order valence-electron chi connectivity index (χ0n) is 28.7. The molecule has 4 heterocycles. The van der Waals surface area contributed by atoms with Crippen LogP contribution in [0.1, 0.15) is 42.1 Å². The normalized spacial score (nSPS) is 15.9. The van der Waals surface area contributed by atoms with Crippen molar-refractivity contribution in [2.75, 3.05) is 68.9 Å². The highest BCUT2D eigenvalue weighted by Crippen LogP contribution is 2.35. The molecular formula is C38H47N7O2S. The number of hydrogen-bond donors (Lipinski definition) is 0. The second-order valence-electron chi connectivity index (χ2n) is 12.3. The molecule has 1 aromatic heterocycles. The van der Waals surface area contributed by atoms with Crippen molar-refractivity contribution in [3.63, 3.8) is 0 Å². The topological polar surface area (TPSA) is 88.8 Å². The van der Waals surface area contributed by atoms with Gasteiger partial charge in [0.2, 0.25) is 0 Å². The molecule has 9 nitrogen and oxygen atoms in total. The molecule has 0 radical (unpaired) electrons. The lowest BCUT2D eigenvalue weighted by molar-refractivity contribution is 0.0941. The van der Waals surface area contributed by atoms with Gasteiger partial charge in [0.1, 0.15) is 12.4 Å². The van der Waals surface area contributed by atoms with Crippen molar-refractivity contribution in [3.05, 3.63) is 89.1 Å². The van der Waals surface area contributed by atoms with Crippen LogP contribution in [0.4, 0.5) is 16.3 Å². The number of fused-ring (bicyclic) bond motifs is 2.